The normalized spacial score (nSPS) is 16.1. The monoisotopic (exact) mass is 474 g/mol. The number of carbonyl (C=O) groups is 1. The van der Waals surface area contributed by atoms with E-state index in [0.29, 0.717) is 23.6 Å². The van der Waals surface area contributed by atoms with E-state index in [-0.39, 0.29) is 25.3 Å². The van der Waals surface area contributed by atoms with E-state index in [1.54, 1.807) is 18.2 Å². The Morgan fingerprint density at radius 3 is 2.48 bits per heavy atom. The molecule has 0 unspecified atom stereocenters. The van der Waals surface area contributed by atoms with Crippen LogP contribution in [0.5, 0.6) is 5.75 Å². The van der Waals surface area contributed by atoms with Gasteiger partial charge < -0.3 is 9.64 Å². The largest absolute Gasteiger partial charge is 0.495 e. The van der Waals surface area contributed by atoms with E-state index in [9.17, 15) is 23.2 Å². The Morgan fingerprint density at radius 2 is 1.97 bits per heavy atom. The van der Waals surface area contributed by atoms with Gasteiger partial charge in [0.1, 0.15) is 12.3 Å². The molecule has 166 valence electrons. The number of carbonyl (C=O) groups excluding carboxylic acids is 1. The SMILES string of the molecule is COc1cc(C2(C#N)CCN(C(=O)Cn3nc(C(F)(F)F)c(Cl)c3C)CC2)ccc1Cl. The summed E-state index contributed by atoms with van der Waals surface area (Å²) in [4.78, 5) is 14.2. The molecule has 1 aliphatic rings. The number of aromatic nitrogens is 2. The molecule has 0 atom stereocenters. The highest BCUT2D eigenvalue weighted by Crippen LogP contribution is 2.39. The zero-order chi connectivity index (χ0) is 23.0. The Morgan fingerprint density at radius 1 is 1.32 bits per heavy atom. The second kappa shape index (κ2) is 8.60. The maximum Gasteiger partial charge on any atom is 0.436 e. The predicted octanol–water partition coefficient (Wildman–Crippen LogP) is 4.61. The molecule has 0 aliphatic carbocycles. The molecule has 0 bridgehead atoms. The lowest BCUT2D eigenvalue weighted by Gasteiger charge is -2.37. The van der Waals surface area contributed by atoms with Crippen LogP contribution < -0.4 is 4.74 Å². The minimum atomic E-state index is -4.70. The van der Waals surface area contributed by atoms with Gasteiger partial charge >= 0.3 is 6.18 Å². The maximum atomic E-state index is 13.0. The van der Waals surface area contributed by atoms with Crippen molar-refractivity contribution in [3.8, 4) is 11.8 Å². The van der Waals surface area contributed by atoms with Gasteiger partial charge in [0.25, 0.3) is 0 Å². The van der Waals surface area contributed by atoms with E-state index in [1.165, 1.54) is 18.9 Å². The molecule has 11 heteroatoms. The number of alkyl halides is 3. The molecule has 31 heavy (non-hydrogen) atoms. The number of hydrogen-bond acceptors (Lipinski definition) is 4. The molecule has 6 nitrogen and oxygen atoms in total. The first-order valence-corrected chi connectivity index (χ1v) is 10.1. The van der Waals surface area contributed by atoms with Crippen LogP contribution >= 0.6 is 23.2 Å². The number of ether oxygens (including phenoxy) is 1. The fraction of sp³-hybridized carbons (Fsp3) is 0.450. The molecule has 2 aromatic rings. The highest BCUT2D eigenvalue weighted by atomic mass is 35.5. The molecular weight excluding hydrogens is 456 g/mol. The van der Waals surface area contributed by atoms with Gasteiger partial charge in [0.05, 0.1) is 34.3 Å². The van der Waals surface area contributed by atoms with Crippen molar-refractivity contribution in [2.24, 2.45) is 0 Å². The number of rotatable bonds is 4. The molecule has 0 saturated carbocycles. The van der Waals surface area contributed by atoms with Crippen LogP contribution in [0.4, 0.5) is 13.2 Å². The first-order valence-electron chi connectivity index (χ1n) is 9.35. The Balaban J connectivity index is 1.73. The van der Waals surface area contributed by atoms with Gasteiger partial charge in [-0.2, -0.15) is 23.5 Å². The van der Waals surface area contributed by atoms with Crippen LogP contribution in [-0.4, -0.2) is 40.8 Å². The number of piperidine rings is 1. The molecule has 3 rings (SSSR count). The van der Waals surface area contributed by atoms with E-state index >= 15 is 0 Å². The van der Waals surface area contributed by atoms with Crippen molar-refractivity contribution in [1.82, 2.24) is 14.7 Å². The highest BCUT2D eigenvalue weighted by Gasteiger charge is 2.40. The molecule has 0 N–H and O–H groups in total. The standard InChI is InChI=1S/C20H19Cl2F3N4O2/c1-12-17(22)18(20(23,24)25)27-29(12)10-16(30)28-7-5-19(11-26,6-8-28)13-3-4-14(21)15(9-13)31-2/h3-4,9H,5-8,10H2,1-2H3. The predicted molar refractivity (Wildman–Crippen MR) is 108 cm³/mol. The van der Waals surface area contributed by atoms with Gasteiger partial charge in [0, 0.05) is 13.1 Å². The maximum absolute atomic E-state index is 13.0. The first kappa shape index (κ1) is 23.2. The van der Waals surface area contributed by atoms with Crippen LogP contribution in [0.3, 0.4) is 0 Å². The smallest absolute Gasteiger partial charge is 0.436 e. The lowest BCUT2D eigenvalue weighted by molar-refractivity contribution is -0.142. The second-order valence-corrected chi connectivity index (χ2v) is 8.11. The van der Waals surface area contributed by atoms with Crippen molar-refractivity contribution in [2.45, 2.75) is 37.9 Å². The van der Waals surface area contributed by atoms with E-state index in [4.69, 9.17) is 27.9 Å². The summed E-state index contributed by atoms with van der Waals surface area (Å²) >= 11 is 11.8. The fourth-order valence-electron chi connectivity index (χ4n) is 3.65. The minimum Gasteiger partial charge on any atom is -0.495 e. The number of nitriles is 1. The molecule has 1 aromatic heterocycles. The minimum absolute atomic E-state index is 0.0685. The molecule has 0 spiro atoms. The summed E-state index contributed by atoms with van der Waals surface area (Å²) in [7, 11) is 1.49. The molecular formula is C20H19Cl2F3N4O2. The molecule has 2 heterocycles. The van der Waals surface area contributed by atoms with Crippen molar-refractivity contribution >= 4 is 29.1 Å². The number of hydrogen-bond donors (Lipinski definition) is 0. The van der Waals surface area contributed by atoms with Gasteiger partial charge in [-0.1, -0.05) is 29.3 Å². The summed E-state index contributed by atoms with van der Waals surface area (Å²) in [6.45, 7) is 1.56. The first-order chi connectivity index (χ1) is 14.5. The quantitative estimate of drug-likeness (QED) is 0.648. The van der Waals surface area contributed by atoms with E-state index < -0.39 is 28.2 Å². The average Bonchev–Trinajstić information content (AvgIpc) is 3.02. The lowest BCUT2D eigenvalue weighted by Crippen LogP contribution is -2.45. The van der Waals surface area contributed by atoms with Gasteiger partial charge in [-0.25, -0.2) is 0 Å². The van der Waals surface area contributed by atoms with Gasteiger partial charge in [-0.3, -0.25) is 9.48 Å². The fourth-order valence-corrected chi connectivity index (χ4v) is 4.08. The molecule has 1 saturated heterocycles. The zero-order valence-electron chi connectivity index (χ0n) is 16.8. The van der Waals surface area contributed by atoms with Gasteiger partial charge in [0.15, 0.2) is 5.69 Å². The van der Waals surface area contributed by atoms with Crippen LogP contribution in [0.2, 0.25) is 10.0 Å². The molecule has 1 aliphatic heterocycles. The summed E-state index contributed by atoms with van der Waals surface area (Å²) in [5.74, 6) is 0.0648. The summed E-state index contributed by atoms with van der Waals surface area (Å²) in [5.41, 5.74) is -1.21. The number of nitrogens with zero attached hydrogens (tertiary/aromatic N) is 4. The third-order valence-electron chi connectivity index (χ3n) is 5.57. The topological polar surface area (TPSA) is 71.2 Å². The summed E-state index contributed by atoms with van der Waals surface area (Å²) in [5, 5.41) is 13.3. The Kier molecular flexibility index (Phi) is 6.44. The third-order valence-corrected chi connectivity index (χ3v) is 6.34. The van der Waals surface area contributed by atoms with Crippen LogP contribution in [0.25, 0.3) is 0 Å². The van der Waals surface area contributed by atoms with Gasteiger partial charge in [-0.15, -0.1) is 0 Å². The third kappa shape index (κ3) is 4.46. The number of amides is 1. The lowest BCUT2D eigenvalue weighted by atomic mass is 9.74. The van der Waals surface area contributed by atoms with Crippen LogP contribution in [0.1, 0.15) is 29.8 Å². The van der Waals surface area contributed by atoms with Crippen molar-refractivity contribution < 1.29 is 22.7 Å². The van der Waals surface area contributed by atoms with E-state index in [0.717, 1.165) is 10.2 Å². The van der Waals surface area contributed by atoms with E-state index in [1.807, 2.05) is 0 Å². The Hall–Kier alpha value is -2.44. The summed E-state index contributed by atoms with van der Waals surface area (Å²) in [6, 6.07) is 7.50. The molecule has 1 amide bonds. The Labute approximate surface area is 187 Å². The highest BCUT2D eigenvalue weighted by molar-refractivity contribution is 6.32. The average molecular weight is 475 g/mol. The van der Waals surface area contributed by atoms with Crippen LogP contribution in [0, 0.1) is 18.3 Å². The summed E-state index contributed by atoms with van der Waals surface area (Å²) in [6.07, 6.45) is -3.97. The molecule has 1 fully saturated rings. The molecule has 1 aromatic carbocycles. The zero-order valence-corrected chi connectivity index (χ0v) is 18.3. The number of halogens is 5. The van der Waals surface area contributed by atoms with Gasteiger partial charge in [0.2, 0.25) is 5.91 Å². The van der Waals surface area contributed by atoms with Crippen molar-refractivity contribution in [1.29, 1.82) is 5.26 Å². The van der Waals surface area contributed by atoms with Gasteiger partial charge in [-0.05, 0) is 37.5 Å². The number of likely N-dealkylation sites (tertiary alicyclic amines) is 1. The Bertz CT molecular complexity index is 1040. The van der Waals surface area contributed by atoms with Crippen molar-refractivity contribution in [3.05, 3.63) is 45.2 Å². The van der Waals surface area contributed by atoms with Crippen molar-refractivity contribution in [3.63, 3.8) is 0 Å². The van der Waals surface area contributed by atoms with Crippen molar-refractivity contribution in [2.75, 3.05) is 20.2 Å². The summed E-state index contributed by atoms with van der Waals surface area (Å²) < 4.78 is 45.2. The number of benzene rings is 1. The second-order valence-electron chi connectivity index (χ2n) is 7.33. The number of methoxy groups -OCH3 is 1. The van der Waals surface area contributed by atoms with Crippen LogP contribution in [0.15, 0.2) is 18.2 Å². The van der Waals surface area contributed by atoms with Crippen LogP contribution in [-0.2, 0) is 22.9 Å². The van der Waals surface area contributed by atoms with E-state index in [2.05, 4.69) is 11.2 Å². The molecule has 0 radical (unpaired) electrons.